The largest absolute Gasteiger partial charge is 0.456 e. The van der Waals surface area contributed by atoms with E-state index >= 15 is 0 Å². The van der Waals surface area contributed by atoms with Crippen molar-refractivity contribution in [2.45, 2.75) is 32.1 Å². The van der Waals surface area contributed by atoms with Crippen molar-refractivity contribution in [3.63, 3.8) is 0 Å². The van der Waals surface area contributed by atoms with Crippen LogP contribution in [0.3, 0.4) is 0 Å². The van der Waals surface area contributed by atoms with E-state index in [0.717, 1.165) is 11.3 Å². The molecule has 1 saturated heterocycles. The van der Waals surface area contributed by atoms with Crippen molar-refractivity contribution >= 4 is 23.5 Å². The Kier molecular flexibility index (Phi) is 5.56. The number of pyridine rings is 2. The van der Waals surface area contributed by atoms with Crippen LogP contribution in [0.15, 0.2) is 49.1 Å². The van der Waals surface area contributed by atoms with Crippen molar-refractivity contribution in [2.24, 2.45) is 12.5 Å². The van der Waals surface area contributed by atoms with Crippen LogP contribution in [0.4, 0.5) is 10.6 Å². The molecule has 1 spiro atoms. The van der Waals surface area contributed by atoms with Crippen LogP contribution in [-0.2, 0) is 16.6 Å². The van der Waals surface area contributed by atoms with Gasteiger partial charge in [-0.3, -0.25) is 29.5 Å². The van der Waals surface area contributed by atoms with Gasteiger partial charge >= 0.3 is 6.03 Å². The van der Waals surface area contributed by atoms with E-state index in [-0.39, 0.29) is 18.1 Å². The van der Waals surface area contributed by atoms with Gasteiger partial charge in [0, 0.05) is 50.5 Å². The number of hydrogen-bond acceptors (Lipinski definition) is 7. The first-order valence-corrected chi connectivity index (χ1v) is 11.2. The maximum Gasteiger partial charge on any atom is 0.329 e. The van der Waals surface area contributed by atoms with Gasteiger partial charge in [0.25, 0.3) is 0 Å². The van der Waals surface area contributed by atoms with Gasteiger partial charge in [0.1, 0.15) is 23.1 Å². The van der Waals surface area contributed by atoms with Gasteiger partial charge in [-0.1, -0.05) is 0 Å². The average Bonchev–Trinajstić information content (AvgIpc) is 3.39. The highest BCUT2D eigenvalue weighted by Gasteiger charge is 2.50. The molecule has 1 saturated carbocycles. The number of nitrogens with one attached hydrogen (secondary N) is 1. The molecule has 10 nitrogen and oxygen atoms in total. The Hall–Kier alpha value is -4.08. The van der Waals surface area contributed by atoms with E-state index in [1.807, 2.05) is 13.2 Å². The van der Waals surface area contributed by atoms with Crippen molar-refractivity contribution < 1.29 is 19.1 Å². The molecule has 174 valence electrons. The summed E-state index contributed by atoms with van der Waals surface area (Å²) in [7, 11) is 1.84. The SMILES string of the molecule is Cn1cc(-c2cc(Oc3ccc(NC(=O)N4CCC5(CCCC(=O)C5)C4=O)nc3)ccn2)cn1. The quantitative estimate of drug-likeness (QED) is 0.632. The smallest absolute Gasteiger partial charge is 0.329 e. The highest BCUT2D eigenvalue weighted by molar-refractivity contribution is 6.05. The van der Waals surface area contributed by atoms with Gasteiger partial charge in [-0.25, -0.2) is 9.78 Å². The van der Waals surface area contributed by atoms with Crippen molar-refractivity contribution in [1.29, 1.82) is 0 Å². The molecular weight excluding hydrogens is 436 g/mol. The molecule has 3 amide bonds. The van der Waals surface area contributed by atoms with E-state index in [1.165, 1.54) is 11.1 Å². The van der Waals surface area contributed by atoms with E-state index in [2.05, 4.69) is 20.4 Å². The van der Waals surface area contributed by atoms with Crippen molar-refractivity contribution in [3.05, 3.63) is 49.1 Å². The number of amides is 3. The predicted octanol–water partition coefficient (Wildman–Crippen LogP) is 3.56. The van der Waals surface area contributed by atoms with E-state index in [4.69, 9.17) is 4.74 Å². The highest BCUT2D eigenvalue weighted by atomic mass is 16.5. The molecule has 5 rings (SSSR count). The second kappa shape index (κ2) is 8.69. The monoisotopic (exact) mass is 460 g/mol. The fourth-order valence-corrected chi connectivity index (χ4v) is 4.60. The van der Waals surface area contributed by atoms with Gasteiger partial charge in [0.05, 0.1) is 23.5 Å². The third kappa shape index (κ3) is 4.26. The highest BCUT2D eigenvalue weighted by Crippen LogP contribution is 2.43. The first kappa shape index (κ1) is 21.7. The molecule has 1 aliphatic carbocycles. The summed E-state index contributed by atoms with van der Waals surface area (Å²) >= 11 is 0. The lowest BCUT2D eigenvalue weighted by atomic mass is 9.72. The average molecular weight is 460 g/mol. The number of urea groups is 1. The fourth-order valence-electron chi connectivity index (χ4n) is 4.60. The molecule has 2 aliphatic rings. The maximum atomic E-state index is 12.9. The molecule has 34 heavy (non-hydrogen) atoms. The Balaban J connectivity index is 1.22. The van der Waals surface area contributed by atoms with E-state index in [0.29, 0.717) is 49.5 Å². The van der Waals surface area contributed by atoms with Crippen LogP contribution in [0.25, 0.3) is 11.3 Å². The maximum absolute atomic E-state index is 12.9. The van der Waals surface area contributed by atoms with Crippen molar-refractivity contribution in [3.8, 4) is 22.8 Å². The molecule has 3 aromatic rings. The minimum Gasteiger partial charge on any atom is -0.456 e. The lowest BCUT2D eigenvalue weighted by Gasteiger charge is -2.30. The number of anilines is 1. The molecule has 1 atom stereocenters. The summed E-state index contributed by atoms with van der Waals surface area (Å²) in [4.78, 5) is 47.3. The number of rotatable bonds is 4. The van der Waals surface area contributed by atoms with Gasteiger partial charge in [-0.05, 0) is 37.5 Å². The molecule has 3 aromatic heterocycles. The predicted molar refractivity (Wildman–Crippen MR) is 122 cm³/mol. The minimum atomic E-state index is -0.711. The Bertz CT molecular complexity index is 1250. The Morgan fingerprint density at radius 3 is 2.74 bits per heavy atom. The summed E-state index contributed by atoms with van der Waals surface area (Å²) in [5.41, 5.74) is 0.895. The summed E-state index contributed by atoms with van der Waals surface area (Å²) < 4.78 is 7.57. The number of Topliss-reactive ketones (excluding diaryl/α,β-unsaturated/α-hetero) is 1. The van der Waals surface area contributed by atoms with Gasteiger partial charge in [0.15, 0.2) is 0 Å². The van der Waals surface area contributed by atoms with Crippen LogP contribution in [0.2, 0.25) is 0 Å². The fraction of sp³-hybridized carbons (Fsp3) is 0.333. The molecular formula is C24H24N6O4. The molecule has 1 unspecified atom stereocenters. The summed E-state index contributed by atoms with van der Waals surface area (Å²) in [6, 6.07) is 6.30. The normalized spacial score (nSPS) is 20.1. The number of ketones is 1. The first-order chi connectivity index (χ1) is 16.4. The zero-order valence-electron chi connectivity index (χ0n) is 18.7. The number of carbonyl (C=O) groups is 3. The number of aromatic nitrogens is 4. The van der Waals surface area contributed by atoms with Gasteiger partial charge in [0.2, 0.25) is 5.91 Å². The van der Waals surface area contributed by atoms with E-state index in [1.54, 1.807) is 41.3 Å². The number of aryl methyl sites for hydroxylation is 1. The number of hydrogen-bond donors (Lipinski definition) is 1. The second-order valence-electron chi connectivity index (χ2n) is 8.75. The Labute approximate surface area is 196 Å². The van der Waals surface area contributed by atoms with Crippen LogP contribution in [0.1, 0.15) is 32.1 Å². The molecule has 1 aliphatic heterocycles. The lowest BCUT2D eigenvalue weighted by molar-refractivity contribution is -0.139. The molecule has 2 fully saturated rings. The second-order valence-corrected chi connectivity index (χ2v) is 8.75. The number of ether oxygens (including phenoxy) is 1. The number of carbonyl (C=O) groups excluding carboxylic acids is 3. The summed E-state index contributed by atoms with van der Waals surface area (Å²) in [6.45, 7) is 0.306. The minimum absolute atomic E-state index is 0.0980. The van der Waals surface area contributed by atoms with Crippen molar-refractivity contribution in [1.82, 2.24) is 24.6 Å². The van der Waals surface area contributed by atoms with Crippen LogP contribution in [0, 0.1) is 5.41 Å². The summed E-state index contributed by atoms with van der Waals surface area (Å²) in [6.07, 6.45) is 9.37. The lowest BCUT2D eigenvalue weighted by Crippen LogP contribution is -2.42. The van der Waals surface area contributed by atoms with Gasteiger partial charge in [-0.15, -0.1) is 0 Å². The van der Waals surface area contributed by atoms with E-state index in [9.17, 15) is 14.4 Å². The third-order valence-electron chi connectivity index (χ3n) is 6.34. The summed E-state index contributed by atoms with van der Waals surface area (Å²) in [5, 5.41) is 6.82. The van der Waals surface area contributed by atoms with Crippen molar-refractivity contribution in [2.75, 3.05) is 11.9 Å². The van der Waals surface area contributed by atoms with Gasteiger partial charge < -0.3 is 4.74 Å². The van der Waals surface area contributed by atoms with E-state index < -0.39 is 11.4 Å². The summed E-state index contributed by atoms with van der Waals surface area (Å²) in [5.74, 6) is 1.21. The first-order valence-electron chi connectivity index (χ1n) is 11.2. The Morgan fingerprint density at radius 1 is 1.12 bits per heavy atom. The third-order valence-corrected chi connectivity index (χ3v) is 6.34. The number of likely N-dealkylation sites (tertiary alicyclic amines) is 1. The number of imide groups is 1. The number of nitrogens with zero attached hydrogens (tertiary/aromatic N) is 5. The molecule has 0 aromatic carbocycles. The van der Waals surface area contributed by atoms with Crippen LogP contribution < -0.4 is 10.1 Å². The molecule has 10 heteroatoms. The Morgan fingerprint density at radius 2 is 2.00 bits per heavy atom. The van der Waals surface area contributed by atoms with Gasteiger partial charge in [-0.2, -0.15) is 5.10 Å². The zero-order valence-corrected chi connectivity index (χ0v) is 18.7. The molecule has 1 N–H and O–H groups in total. The van der Waals surface area contributed by atoms with Crippen LogP contribution in [0.5, 0.6) is 11.5 Å². The standard InChI is InChI=1S/C24H24N6O4/c1-29-15-16(13-27-29)20-11-18(6-9-25-20)34-19-4-5-21(26-14-19)28-23(33)30-10-8-24(22(30)32)7-2-3-17(31)12-24/h4-6,9,11,13-15H,2-3,7-8,10,12H2,1H3,(H,26,28,33). The van der Waals surface area contributed by atoms with Crippen LogP contribution in [-0.4, -0.2) is 48.9 Å². The molecule has 0 radical (unpaired) electrons. The molecule has 0 bridgehead atoms. The molecule has 4 heterocycles. The van der Waals surface area contributed by atoms with Crippen LogP contribution >= 0.6 is 0 Å². The topological polar surface area (TPSA) is 119 Å². The zero-order chi connectivity index (χ0) is 23.7.